The summed E-state index contributed by atoms with van der Waals surface area (Å²) in [6, 6.07) is 7.51. The Morgan fingerprint density at radius 1 is 1.15 bits per heavy atom. The standard InChI is InChI=1S/C22H18F3N7O/c1-30-12-17-16-10-14(21(33)27-7-9-31-8-6-26-13-31)2-4-18(16)32(20(17)29-30)15-3-5-19(28-11-15)22(23,24)25/h2-6,8,10-13H,7,9H2,1H3,(H,27,33). The summed E-state index contributed by atoms with van der Waals surface area (Å²) in [4.78, 5) is 20.2. The van der Waals surface area contributed by atoms with E-state index in [-0.39, 0.29) is 5.91 Å². The average Bonchev–Trinajstić information content (AvgIpc) is 3.49. The molecular formula is C22H18F3N7O. The molecule has 0 aliphatic heterocycles. The molecule has 4 heterocycles. The van der Waals surface area contributed by atoms with Gasteiger partial charge >= 0.3 is 6.18 Å². The third-order valence-corrected chi connectivity index (χ3v) is 5.32. The second-order valence-corrected chi connectivity index (χ2v) is 7.56. The van der Waals surface area contributed by atoms with E-state index in [4.69, 9.17) is 0 Å². The highest BCUT2D eigenvalue weighted by Gasteiger charge is 2.32. The van der Waals surface area contributed by atoms with Gasteiger partial charge in [0.2, 0.25) is 0 Å². The monoisotopic (exact) mass is 453 g/mol. The summed E-state index contributed by atoms with van der Waals surface area (Å²) < 4.78 is 44.0. The van der Waals surface area contributed by atoms with Crippen LogP contribution in [0.5, 0.6) is 0 Å². The average molecular weight is 453 g/mol. The molecule has 5 aromatic rings. The Bertz CT molecular complexity index is 1450. The minimum absolute atomic E-state index is 0.224. The molecule has 1 N–H and O–H groups in total. The van der Waals surface area contributed by atoms with Gasteiger partial charge in [0.15, 0.2) is 5.65 Å². The fourth-order valence-electron chi connectivity index (χ4n) is 3.80. The number of fused-ring (bicyclic) bond motifs is 3. The van der Waals surface area contributed by atoms with Gasteiger partial charge in [-0.25, -0.2) is 9.97 Å². The number of aryl methyl sites for hydroxylation is 1. The van der Waals surface area contributed by atoms with Crippen molar-refractivity contribution in [2.24, 2.45) is 7.05 Å². The SMILES string of the molecule is Cn1cc2c3cc(C(=O)NCCn4ccnc4)ccc3n(-c3ccc(C(F)(F)F)nc3)c2n1. The van der Waals surface area contributed by atoms with E-state index in [0.29, 0.717) is 35.5 Å². The first-order valence-corrected chi connectivity index (χ1v) is 10.1. The zero-order chi connectivity index (χ0) is 23.2. The van der Waals surface area contributed by atoms with Gasteiger partial charge in [0.1, 0.15) is 5.69 Å². The molecule has 0 saturated heterocycles. The molecule has 33 heavy (non-hydrogen) atoms. The highest BCUT2D eigenvalue weighted by Crippen LogP contribution is 2.33. The van der Waals surface area contributed by atoms with E-state index in [1.807, 2.05) is 17.0 Å². The fraction of sp³-hybridized carbons (Fsp3) is 0.182. The molecular weight excluding hydrogens is 435 g/mol. The number of benzene rings is 1. The van der Waals surface area contributed by atoms with Crippen molar-refractivity contribution in [3.05, 3.63) is 72.7 Å². The largest absolute Gasteiger partial charge is 0.433 e. The number of pyridine rings is 1. The molecule has 0 aliphatic rings. The van der Waals surface area contributed by atoms with Crippen LogP contribution in [-0.4, -0.2) is 41.3 Å². The number of hydrogen-bond donors (Lipinski definition) is 1. The maximum absolute atomic E-state index is 12.9. The Kier molecular flexibility index (Phi) is 4.88. The van der Waals surface area contributed by atoms with Crippen LogP contribution in [0.25, 0.3) is 27.6 Å². The first kappa shape index (κ1) is 20.7. The first-order chi connectivity index (χ1) is 15.8. The second kappa shape index (κ2) is 7.76. The second-order valence-electron chi connectivity index (χ2n) is 7.56. The van der Waals surface area contributed by atoms with Gasteiger partial charge in [0, 0.05) is 55.1 Å². The van der Waals surface area contributed by atoms with Crippen LogP contribution in [-0.2, 0) is 19.8 Å². The molecule has 5 rings (SSSR count). The van der Waals surface area contributed by atoms with Crippen molar-refractivity contribution in [2.45, 2.75) is 12.7 Å². The van der Waals surface area contributed by atoms with E-state index in [1.54, 1.807) is 47.0 Å². The lowest BCUT2D eigenvalue weighted by atomic mass is 10.1. The van der Waals surface area contributed by atoms with Crippen LogP contribution in [0.3, 0.4) is 0 Å². The molecule has 0 atom stereocenters. The van der Waals surface area contributed by atoms with E-state index < -0.39 is 11.9 Å². The number of imidazole rings is 1. The van der Waals surface area contributed by atoms with E-state index in [9.17, 15) is 18.0 Å². The Morgan fingerprint density at radius 3 is 2.70 bits per heavy atom. The topological polar surface area (TPSA) is 82.6 Å². The number of hydrogen-bond acceptors (Lipinski definition) is 4. The van der Waals surface area contributed by atoms with Crippen molar-refractivity contribution in [1.82, 2.24) is 34.2 Å². The quantitative estimate of drug-likeness (QED) is 0.441. The smallest absolute Gasteiger partial charge is 0.350 e. The maximum atomic E-state index is 12.9. The van der Waals surface area contributed by atoms with Crippen LogP contribution in [0.1, 0.15) is 16.1 Å². The van der Waals surface area contributed by atoms with Crippen molar-refractivity contribution >= 4 is 27.8 Å². The van der Waals surface area contributed by atoms with Gasteiger partial charge in [0.25, 0.3) is 5.91 Å². The number of nitrogens with one attached hydrogen (secondary N) is 1. The lowest BCUT2D eigenvalue weighted by molar-refractivity contribution is -0.141. The number of carbonyl (C=O) groups is 1. The molecule has 168 valence electrons. The van der Waals surface area contributed by atoms with Crippen molar-refractivity contribution in [1.29, 1.82) is 0 Å². The summed E-state index contributed by atoms with van der Waals surface area (Å²) in [6.45, 7) is 1.03. The van der Waals surface area contributed by atoms with Gasteiger partial charge in [-0.3, -0.25) is 14.0 Å². The number of aromatic nitrogens is 6. The van der Waals surface area contributed by atoms with Crippen molar-refractivity contribution < 1.29 is 18.0 Å². The van der Waals surface area contributed by atoms with Crippen LogP contribution in [0.2, 0.25) is 0 Å². The number of rotatable bonds is 5. The van der Waals surface area contributed by atoms with Crippen LogP contribution in [0.15, 0.2) is 61.4 Å². The predicted octanol–water partition coefficient (Wildman–Crippen LogP) is 3.56. The van der Waals surface area contributed by atoms with Crippen LogP contribution in [0, 0.1) is 0 Å². The number of amides is 1. The maximum Gasteiger partial charge on any atom is 0.433 e. The van der Waals surface area contributed by atoms with Crippen molar-refractivity contribution in [3.63, 3.8) is 0 Å². The Hall–Kier alpha value is -4.15. The van der Waals surface area contributed by atoms with E-state index >= 15 is 0 Å². The van der Waals surface area contributed by atoms with Gasteiger partial charge in [-0.2, -0.15) is 18.3 Å². The summed E-state index contributed by atoms with van der Waals surface area (Å²) in [6.07, 6.45) is 3.63. The van der Waals surface area contributed by atoms with Crippen LogP contribution >= 0.6 is 0 Å². The Labute approximate surface area is 185 Å². The van der Waals surface area contributed by atoms with Gasteiger partial charge in [-0.15, -0.1) is 0 Å². The zero-order valence-electron chi connectivity index (χ0n) is 17.4. The molecule has 4 aromatic heterocycles. The molecule has 1 aromatic carbocycles. The minimum atomic E-state index is -4.52. The van der Waals surface area contributed by atoms with Crippen LogP contribution in [0.4, 0.5) is 13.2 Å². The molecule has 11 heteroatoms. The molecule has 0 radical (unpaired) electrons. The van der Waals surface area contributed by atoms with Gasteiger partial charge in [0.05, 0.1) is 23.7 Å². The number of nitrogens with zero attached hydrogens (tertiary/aromatic N) is 6. The zero-order valence-corrected chi connectivity index (χ0v) is 17.4. The molecule has 0 spiro atoms. The molecule has 0 saturated carbocycles. The van der Waals surface area contributed by atoms with Gasteiger partial charge in [-0.1, -0.05) is 0 Å². The summed E-state index contributed by atoms with van der Waals surface area (Å²) >= 11 is 0. The van der Waals surface area contributed by atoms with Crippen molar-refractivity contribution in [2.75, 3.05) is 6.54 Å². The normalized spacial score (nSPS) is 12.0. The van der Waals surface area contributed by atoms with E-state index in [0.717, 1.165) is 16.8 Å². The van der Waals surface area contributed by atoms with Gasteiger partial charge in [-0.05, 0) is 30.3 Å². The van der Waals surface area contributed by atoms with Gasteiger partial charge < -0.3 is 9.88 Å². The Balaban J connectivity index is 1.51. The van der Waals surface area contributed by atoms with Crippen molar-refractivity contribution in [3.8, 4) is 5.69 Å². The van der Waals surface area contributed by atoms with E-state index in [2.05, 4.69) is 20.4 Å². The highest BCUT2D eigenvalue weighted by molar-refractivity contribution is 6.10. The third kappa shape index (κ3) is 3.81. The third-order valence-electron chi connectivity index (χ3n) is 5.32. The summed E-state index contributed by atoms with van der Waals surface area (Å²) in [7, 11) is 1.76. The molecule has 0 bridgehead atoms. The Morgan fingerprint density at radius 2 is 2.00 bits per heavy atom. The molecule has 0 aliphatic carbocycles. The molecule has 8 nitrogen and oxygen atoms in total. The minimum Gasteiger partial charge on any atom is -0.350 e. The fourth-order valence-corrected chi connectivity index (χ4v) is 3.80. The van der Waals surface area contributed by atoms with E-state index in [1.165, 1.54) is 12.3 Å². The number of carbonyl (C=O) groups excluding carboxylic acids is 1. The number of alkyl halides is 3. The predicted molar refractivity (Wildman–Crippen MR) is 115 cm³/mol. The summed E-state index contributed by atoms with van der Waals surface area (Å²) in [5, 5.41) is 8.90. The first-order valence-electron chi connectivity index (χ1n) is 10.1. The lowest BCUT2D eigenvalue weighted by Crippen LogP contribution is -2.26. The summed E-state index contributed by atoms with van der Waals surface area (Å²) in [5.74, 6) is -0.224. The molecule has 1 amide bonds. The molecule has 0 unspecified atom stereocenters. The lowest BCUT2D eigenvalue weighted by Gasteiger charge is -2.10. The molecule has 0 fully saturated rings. The van der Waals surface area contributed by atoms with Crippen LogP contribution < -0.4 is 5.32 Å². The highest BCUT2D eigenvalue weighted by atomic mass is 19.4. The number of halogens is 3. The summed E-state index contributed by atoms with van der Waals surface area (Å²) in [5.41, 5.74) is 1.23.